The van der Waals surface area contributed by atoms with Crippen LogP contribution in [-0.4, -0.2) is 23.2 Å². The SMILES string of the molecule is CCSc1cccc(NCC(N)=O)c1C(N)=S. The molecule has 1 rings (SSSR count). The highest BCUT2D eigenvalue weighted by molar-refractivity contribution is 7.99. The molecule has 0 fully saturated rings. The Kier molecular flexibility index (Phi) is 5.24. The number of primary amides is 1. The van der Waals surface area contributed by atoms with E-state index in [-0.39, 0.29) is 6.54 Å². The second-order valence-corrected chi connectivity index (χ2v) is 5.04. The van der Waals surface area contributed by atoms with Gasteiger partial charge in [-0.2, -0.15) is 0 Å². The molecule has 5 N–H and O–H groups in total. The summed E-state index contributed by atoms with van der Waals surface area (Å²) in [5, 5.41) is 2.94. The number of benzene rings is 1. The number of rotatable bonds is 6. The van der Waals surface area contributed by atoms with Crippen LogP contribution >= 0.6 is 24.0 Å². The molecular weight excluding hydrogens is 254 g/mol. The van der Waals surface area contributed by atoms with Gasteiger partial charge in [0, 0.05) is 16.1 Å². The molecule has 0 saturated heterocycles. The van der Waals surface area contributed by atoms with E-state index in [9.17, 15) is 4.79 Å². The first kappa shape index (κ1) is 13.8. The number of nitrogens with one attached hydrogen (secondary N) is 1. The van der Waals surface area contributed by atoms with Crippen molar-refractivity contribution in [1.82, 2.24) is 0 Å². The third-order valence-corrected chi connectivity index (χ3v) is 3.17. The maximum Gasteiger partial charge on any atom is 0.236 e. The number of nitrogens with two attached hydrogens (primary N) is 2. The predicted molar refractivity (Wildman–Crippen MR) is 76.4 cm³/mol. The smallest absolute Gasteiger partial charge is 0.236 e. The number of carbonyl (C=O) groups is 1. The number of thioether (sulfide) groups is 1. The number of amides is 1. The van der Waals surface area contributed by atoms with Crippen LogP contribution in [0, 0.1) is 0 Å². The molecule has 0 atom stereocenters. The molecule has 17 heavy (non-hydrogen) atoms. The van der Waals surface area contributed by atoms with E-state index in [1.165, 1.54) is 0 Å². The Morgan fingerprint density at radius 2 is 2.18 bits per heavy atom. The van der Waals surface area contributed by atoms with Crippen molar-refractivity contribution in [3.05, 3.63) is 23.8 Å². The lowest BCUT2D eigenvalue weighted by Crippen LogP contribution is -2.23. The number of hydrogen-bond donors (Lipinski definition) is 3. The lowest BCUT2D eigenvalue weighted by molar-refractivity contribution is -0.116. The molecule has 0 aromatic heterocycles. The Morgan fingerprint density at radius 1 is 1.47 bits per heavy atom. The first-order valence-corrected chi connectivity index (χ1v) is 6.53. The zero-order valence-corrected chi connectivity index (χ0v) is 11.2. The molecule has 6 heteroatoms. The standard InChI is InChI=1S/C11H15N3OS2/c1-2-17-8-5-3-4-7(10(8)11(13)16)14-6-9(12)15/h3-5,14H,2,6H2,1H3,(H2,12,15)(H2,13,16). The van der Waals surface area contributed by atoms with Gasteiger partial charge in [-0.25, -0.2) is 0 Å². The summed E-state index contributed by atoms with van der Waals surface area (Å²) in [5.41, 5.74) is 12.3. The van der Waals surface area contributed by atoms with Crippen LogP contribution in [0.1, 0.15) is 12.5 Å². The number of hydrogen-bond acceptors (Lipinski definition) is 4. The molecule has 1 amide bonds. The summed E-state index contributed by atoms with van der Waals surface area (Å²) in [4.78, 5) is 12.1. The van der Waals surface area contributed by atoms with E-state index < -0.39 is 5.91 Å². The molecule has 0 unspecified atom stereocenters. The quantitative estimate of drug-likeness (QED) is 0.536. The van der Waals surface area contributed by atoms with Gasteiger partial charge in [0.15, 0.2) is 0 Å². The second-order valence-electron chi connectivity index (χ2n) is 3.30. The first-order valence-electron chi connectivity index (χ1n) is 5.14. The van der Waals surface area contributed by atoms with Gasteiger partial charge in [-0.15, -0.1) is 11.8 Å². The van der Waals surface area contributed by atoms with E-state index in [2.05, 4.69) is 12.2 Å². The average molecular weight is 269 g/mol. The van der Waals surface area contributed by atoms with Gasteiger partial charge >= 0.3 is 0 Å². The summed E-state index contributed by atoms with van der Waals surface area (Å²) in [5.74, 6) is 0.502. The minimum Gasteiger partial charge on any atom is -0.389 e. The first-order chi connectivity index (χ1) is 8.06. The minimum atomic E-state index is -0.424. The van der Waals surface area contributed by atoms with Crippen molar-refractivity contribution in [3.8, 4) is 0 Å². The van der Waals surface area contributed by atoms with Crippen LogP contribution in [0.4, 0.5) is 5.69 Å². The zero-order chi connectivity index (χ0) is 12.8. The maximum absolute atomic E-state index is 10.8. The van der Waals surface area contributed by atoms with Crippen LogP contribution in [0.15, 0.2) is 23.1 Å². The van der Waals surface area contributed by atoms with Crippen molar-refractivity contribution in [1.29, 1.82) is 0 Å². The fraction of sp³-hybridized carbons (Fsp3) is 0.273. The van der Waals surface area contributed by atoms with Gasteiger partial charge in [0.2, 0.25) is 5.91 Å². The fourth-order valence-electron chi connectivity index (χ4n) is 1.39. The monoisotopic (exact) mass is 269 g/mol. The van der Waals surface area contributed by atoms with Crippen molar-refractivity contribution in [2.24, 2.45) is 11.5 Å². The summed E-state index contributed by atoms with van der Waals surface area (Å²) in [7, 11) is 0. The Labute approximate surface area is 110 Å². The second kappa shape index (κ2) is 6.46. The van der Waals surface area contributed by atoms with Gasteiger partial charge in [0.25, 0.3) is 0 Å². The average Bonchev–Trinajstić information content (AvgIpc) is 2.26. The van der Waals surface area contributed by atoms with Crippen molar-refractivity contribution >= 4 is 40.6 Å². The number of thiocarbonyl (C=S) groups is 1. The van der Waals surface area contributed by atoms with Crippen molar-refractivity contribution < 1.29 is 4.79 Å². The topological polar surface area (TPSA) is 81.1 Å². The van der Waals surface area contributed by atoms with Gasteiger partial charge in [0.1, 0.15) is 4.99 Å². The molecule has 4 nitrogen and oxygen atoms in total. The van der Waals surface area contributed by atoms with Gasteiger partial charge in [-0.3, -0.25) is 4.79 Å². The van der Waals surface area contributed by atoms with Gasteiger partial charge in [0.05, 0.1) is 6.54 Å². The molecule has 1 aromatic rings. The van der Waals surface area contributed by atoms with E-state index in [1.807, 2.05) is 18.2 Å². The minimum absolute atomic E-state index is 0.0653. The Balaban J connectivity index is 3.06. The van der Waals surface area contributed by atoms with E-state index in [4.69, 9.17) is 23.7 Å². The zero-order valence-electron chi connectivity index (χ0n) is 9.53. The molecule has 0 aliphatic heterocycles. The molecule has 0 bridgehead atoms. The van der Waals surface area contributed by atoms with Crippen molar-refractivity contribution in [2.75, 3.05) is 17.6 Å². The van der Waals surface area contributed by atoms with Crippen LogP contribution in [0.5, 0.6) is 0 Å². The third kappa shape index (κ3) is 3.90. The maximum atomic E-state index is 10.8. The van der Waals surface area contributed by atoms with Crippen LogP contribution in [-0.2, 0) is 4.79 Å². The third-order valence-electron chi connectivity index (χ3n) is 2.03. The molecule has 0 radical (unpaired) electrons. The highest BCUT2D eigenvalue weighted by atomic mass is 32.2. The van der Waals surface area contributed by atoms with Gasteiger partial charge < -0.3 is 16.8 Å². The Morgan fingerprint density at radius 3 is 2.71 bits per heavy atom. The van der Waals surface area contributed by atoms with E-state index in [0.717, 1.165) is 21.9 Å². The fourth-order valence-corrected chi connectivity index (χ4v) is 2.53. The van der Waals surface area contributed by atoms with Gasteiger partial charge in [-0.1, -0.05) is 25.2 Å². The molecule has 0 heterocycles. The number of carbonyl (C=O) groups excluding carboxylic acids is 1. The van der Waals surface area contributed by atoms with Crippen LogP contribution in [0.2, 0.25) is 0 Å². The molecule has 0 aliphatic rings. The molecule has 1 aromatic carbocycles. The normalized spacial score (nSPS) is 9.94. The van der Waals surface area contributed by atoms with E-state index >= 15 is 0 Å². The lowest BCUT2D eigenvalue weighted by atomic mass is 10.1. The Bertz CT molecular complexity index is 435. The van der Waals surface area contributed by atoms with Crippen molar-refractivity contribution in [2.45, 2.75) is 11.8 Å². The van der Waals surface area contributed by atoms with E-state index in [1.54, 1.807) is 11.8 Å². The predicted octanol–water partition coefficient (Wildman–Crippen LogP) is 1.33. The highest BCUT2D eigenvalue weighted by Gasteiger charge is 2.11. The summed E-state index contributed by atoms with van der Waals surface area (Å²) in [6, 6.07) is 5.68. The number of anilines is 1. The van der Waals surface area contributed by atoms with Gasteiger partial charge in [-0.05, 0) is 17.9 Å². The molecule has 92 valence electrons. The summed E-state index contributed by atoms with van der Waals surface area (Å²) in [6.07, 6.45) is 0. The van der Waals surface area contributed by atoms with Crippen LogP contribution in [0.3, 0.4) is 0 Å². The summed E-state index contributed by atoms with van der Waals surface area (Å²) < 4.78 is 0. The van der Waals surface area contributed by atoms with Crippen molar-refractivity contribution in [3.63, 3.8) is 0 Å². The van der Waals surface area contributed by atoms with Crippen LogP contribution < -0.4 is 16.8 Å². The molecule has 0 saturated carbocycles. The summed E-state index contributed by atoms with van der Waals surface area (Å²) in [6.45, 7) is 2.12. The molecule has 0 spiro atoms. The molecule has 0 aliphatic carbocycles. The van der Waals surface area contributed by atoms with Crippen LogP contribution in [0.25, 0.3) is 0 Å². The largest absolute Gasteiger partial charge is 0.389 e. The lowest BCUT2D eigenvalue weighted by Gasteiger charge is -2.13. The van der Waals surface area contributed by atoms with E-state index in [0.29, 0.717) is 4.99 Å². The summed E-state index contributed by atoms with van der Waals surface area (Å²) >= 11 is 6.69. The molecular formula is C11H15N3OS2. The highest BCUT2D eigenvalue weighted by Crippen LogP contribution is 2.28. The Hall–Kier alpha value is -1.27.